The number of fused-ring (bicyclic) bond motifs is 3. The molecule has 158 valence electrons. The molecule has 1 aliphatic carbocycles. The third kappa shape index (κ3) is 4.04. The summed E-state index contributed by atoms with van der Waals surface area (Å²) in [5.74, 6) is 4.79. The summed E-state index contributed by atoms with van der Waals surface area (Å²) in [5, 5.41) is 10.5. The SMILES string of the molecule is C#CCC1CCC(n2c(CN=C(CCOC)NO)nc3cnc4[nH]ccc4c32)CC1. The number of terminal acetylenes is 1. The van der Waals surface area contributed by atoms with E-state index < -0.39 is 0 Å². The first-order valence-corrected chi connectivity index (χ1v) is 10.4. The van der Waals surface area contributed by atoms with Gasteiger partial charge in [-0.1, -0.05) is 0 Å². The van der Waals surface area contributed by atoms with E-state index in [1.165, 1.54) is 0 Å². The largest absolute Gasteiger partial charge is 0.384 e. The molecule has 1 saturated carbocycles. The van der Waals surface area contributed by atoms with Gasteiger partial charge in [0.1, 0.15) is 22.8 Å². The van der Waals surface area contributed by atoms with Crippen LogP contribution in [0.5, 0.6) is 0 Å². The van der Waals surface area contributed by atoms with E-state index in [9.17, 15) is 5.21 Å². The number of pyridine rings is 1. The highest BCUT2D eigenvalue weighted by atomic mass is 16.5. The Morgan fingerprint density at radius 1 is 1.43 bits per heavy atom. The molecule has 0 saturated heterocycles. The van der Waals surface area contributed by atoms with Crippen molar-refractivity contribution in [2.75, 3.05) is 13.7 Å². The lowest BCUT2D eigenvalue weighted by atomic mass is 9.84. The van der Waals surface area contributed by atoms with Crippen LogP contribution in [0.15, 0.2) is 23.5 Å². The van der Waals surface area contributed by atoms with Crippen LogP contribution in [0, 0.1) is 18.3 Å². The van der Waals surface area contributed by atoms with Crippen molar-refractivity contribution in [2.24, 2.45) is 10.9 Å². The number of rotatable bonds is 7. The maximum atomic E-state index is 9.39. The van der Waals surface area contributed by atoms with Gasteiger partial charge in [-0.25, -0.2) is 9.97 Å². The normalized spacial score (nSPS) is 20.0. The molecular formula is C22H28N6O2. The number of aromatic amines is 1. The number of ether oxygens (including phenoxy) is 1. The van der Waals surface area contributed by atoms with Crippen molar-refractivity contribution in [3.8, 4) is 12.3 Å². The Balaban J connectivity index is 1.72. The van der Waals surface area contributed by atoms with Gasteiger partial charge in [-0.05, 0) is 37.7 Å². The fourth-order valence-electron chi connectivity index (χ4n) is 4.45. The molecule has 0 amide bonds. The van der Waals surface area contributed by atoms with Crippen molar-refractivity contribution in [1.82, 2.24) is 25.0 Å². The predicted molar refractivity (Wildman–Crippen MR) is 116 cm³/mol. The molecule has 0 unspecified atom stereocenters. The lowest BCUT2D eigenvalue weighted by Crippen LogP contribution is -2.22. The lowest BCUT2D eigenvalue weighted by Gasteiger charge is -2.30. The second-order valence-electron chi connectivity index (χ2n) is 7.83. The first kappa shape index (κ1) is 20.4. The Kier molecular flexibility index (Phi) is 6.31. The van der Waals surface area contributed by atoms with Crippen LogP contribution >= 0.6 is 0 Å². The van der Waals surface area contributed by atoms with Crippen LogP contribution < -0.4 is 5.48 Å². The Bertz CT molecular complexity index is 1070. The number of hydrogen-bond donors (Lipinski definition) is 3. The number of H-pyrrole nitrogens is 1. The van der Waals surface area contributed by atoms with E-state index in [0.717, 1.165) is 60.0 Å². The summed E-state index contributed by atoms with van der Waals surface area (Å²) in [6.45, 7) is 0.855. The summed E-state index contributed by atoms with van der Waals surface area (Å²) in [4.78, 5) is 17.1. The molecular weight excluding hydrogens is 380 g/mol. The predicted octanol–water partition coefficient (Wildman–Crippen LogP) is 3.58. The zero-order valence-electron chi connectivity index (χ0n) is 17.3. The summed E-state index contributed by atoms with van der Waals surface area (Å²) in [7, 11) is 1.63. The molecule has 0 spiro atoms. The maximum absolute atomic E-state index is 9.39. The molecule has 8 nitrogen and oxygen atoms in total. The van der Waals surface area contributed by atoms with Crippen molar-refractivity contribution >= 4 is 27.9 Å². The van der Waals surface area contributed by atoms with Gasteiger partial charge in [0.25, 0.3) is 0 Å². The molecule has 0 bridgehead atoms. The number of nitrogens with one attached hydrogen (secondary N) is 2. The van der Waals surface area contributed by atoms with Gasteiger partial charge >= 0.3 is 0 Å². The number of aromatic nitrogens is 4. The highest BCUT2D eigenvalue weighted by molar-refractivity contribution is 6.01. The van der Waals surface area contributed by atoms with Gasteiger partial charge < -0.3 is 14.3 Å². The molecule has 3 aromatic heterocycles. The zero-order valence-corrected chi connectivity index (χ0v) is 17.3. The molecule has 3 N–H and O–H groups in total. The fourth-order valence-corrected chi connectivity index (χ4v) is 4.45. The van der Waals surface area contributed by atoms with Gasteiger partial charge in [-0.2, -0.15) is 0 Å². The second-order valence-corrected chi connectivity index (χ2v) is 7.83. The van der Waals surface area contributed by atoms with E-state index in [1.54, 1.807) is 7.11 Å². The average Bonchev–Trinajstić information content (AvgIpc) is 3.38. The van der Waals surface area contributed by atoms with Crippen LogP contribution in [-0.4, -0.2) is 44.3 Å². The summed E-state index contributed by atoms with van der Waals surface area (Å²) in [5.41, 5.74) is 5.01. The minimum atomic E-state index is 0.347. The Hall–Kier alpha value is -2.89. The van der Waals surface area contributed by atoms with Gasteiger partial charge in [-0.3, -0.25) is 15.7 Å². The number of nitrogens with zero attached hydrogens (tertiary/aromatic N) is 4. The Morgan fingerprint density at radius 2 is 2.27 bits per heavy atom. The van der Waals surface area contributed by atoms with Gasteiger partial charge in [-0.15, -0.1) is 12.3 Å². The van der Waals surface area contributed by atoms with E-state index in [4.69, 9.17) is 16.1 Å². The highest BCUT2D eigenvalue weighted by Crippen LogP contribution is 2.38. The molecule has 4 rings (SSSR count). The minimum absolute atomic E-state index is 0.347. The van der Waals surface area contributed by atoms with Crippen molar-refractivity contribution in [2.45, 2.75) is 51.1 Å². The van der Waals surface area contributed by atoms with Gasteiger partial charge in [0.05, 0.1) is 24.9 Å². The quantitative estimate of drug-likeness (QED) is 0.240. The number of hydroxylamine groups is 1. The van der Waals surface area contributed by atoms with Crippen LogP contribution in [0.3, 0.4) is 0 Å². The standard InChI is InChI=1S/C22H28N6O2/c1-3-4-15-5-7-16(8-6-15)28-20(14-24-19(27-29)10-12-30-2)26-18-13-25-22-17(21(18)28)9-11-23-22/h1,9,11,13,15-16,29H,4-8,10,12,14H2,2H3,(H,23,25)(H,24,27). The molecule has 1 fully saturated rings. The summed E-state index contributed by atoms with van der Waals surface area (Å²) in [6.07, 6.45) is 15.0. The third-order valence-corrected chi connectivity index (χ3v) is 5.98. The summed E-state index contributed by atoms with van der Waals surface area (Å²) >= 11 is 0. The number of aliphatic imine (C=N–C) groups is 1. The maximum Gasteiger partial charge on any atom is 0.139 e. The van der Waals surface area contributed by atoms with Crippen molar-refractivity contribution < 1.29 is 9.94 Å². The van der Waals surface area contributed by atoms with Crippen LogP contribution in [0.2, 0.25) is 0 Å². The molecule has 0 atom stereocenters. The number of amidine groups is 1. The van der Waals surface area contributed by atoms with Gasteiger partial charge in [0.2, 0.25) is 0 Å². The molecule has 1 aliphatic rings. The molecule has 8 heteroatoms. The van der Waals surface area contributed by atoms with Crippen LogP contribution in [0.25, 0.3) is 22.1 Å². The Labute approximate surface area is 175 Å². The fraction of sp³-hybridized carbons (Fsp3) is 0.500. The molecule has 30 heavy (non-hydrogen) atoms. The van der Waals surface area contributed by atoms with E-state index in [0.29, 0.717) is 37.4 Å². The molecule has 3 heterocycles. The van der Waals surface area contributed by atoms with Crippen LogP contribution in [-0.2, 0) is 11.3 Å². The van der Waals surface area contributed by atoms with E-state index in [1.807, 2.05) is 12.4 Å². The molecule has 0 aromatic carbocycles. The first-order valence-electron chi connectivity index (χ1n) is 10.4. The van der Waals surface area contributed by atoms with Gasteiger partial charge in [0, 0.05) is 37.6 Å². The topological polar surface area (TPSA) is 100 Å². The van der Waals surface area contributed by atoms with Crippen molar-refractivity contribution in [3.63, 3.8) is 0 Å². The van der Waals surface area contributed by atoms with Crippen LogP contribution in [0.4, 0.5) is 0 Å². The van der Waals surface area contributed by atoms with E-state index >= 15 is 0 Å². The first-order chi connectivity index (χ1) is 14.7. The summed E-state index contributed by atoms with van der Waals surface area (Å²) < 4.78 is 7.43. The summed E-state index contributed by atoms with van der Waals surface area (Å²) in [6, 6.07) is 2.40. The number of hydrogen-bond acceptors (Lipinski definition) is 5. The smallest absolute Gasteiger partial charge is 0.139 e. The second kappa shape index (κ2) is 9.28. The van der Waals surface area contributed by atoms with E-state index in [2.05, 4.69) is 37.0 Å². The number of methoxy groups -OCH3 is 1. The highest BCUT2D eigenvalue weighted by Gasteiger charge is 2.26. The molecule has 3 aromatic rings. The molecule has 0 radical (unpaired) electrons. The van der Waals surface area contributed by atoms with E-state index in [-0.39, 0.29) is 0 Å². The van der Waals surface area contributed by atoms with Crippen molar-refractivity contribution in [3.05, 3.63) is 24.3 Å². The Morgan fingerprint density at radius 3 is 3.00 bits per heavy atom. The number of imidazole rings is 1. The third-order valence-electron chi connectivity index (χ3n) is 5.98. The van der Waals surface area contributed by atoms with Gasteiger partial charge in [0.15, 0.2) is 0 Å². The van der Waals surface area contributed by atoms with Crippen molar-refractivity contribution in [1.29, 1.82) is 0 Å². The lowest BCUT2D eigenvalue weighted by molar-refractivity contribution is 0.195. The zero-order chi connectivity index (χ0) is 20.9. The minimum Gasteiger partial charge on any atom is -0.384 e. The average molecular weight is 409 g/mol. The van der Waals surface area contributed by atoms with Crippen LogP contribution in [0.1, 0.15) is 50.4 Å². The monoisotopic (exact) mass is 408 g/mol. The molecule has 0 aliphatic heterocycles.